The molecule has 2 aromatic rings. The topological polar surface area (TPSA) is 55.1 Å². The van der Waals surface area contributed by atoms with Gasteiger partial charge in [-0.1, -0.05) is 36.4 Å². The van der Waals surface area contributed by atoms with Crippen LogP contribution in [0.15, 0.2) is 48.5 Å². The molecule has 0 aliphatic rings. The van der Waals surface area contributed by atoms with Crippen LogP contribution in [0.25, 0.3) is 0 Å². The van der Waals surface area contributed by atoms with Crippen LogP contribution in [-0.2, 0) is 11.2 Å². The summed E-state index contributed by atoms with van der Waals surface area (Å²) in [6.45, 7) is 4.07. The Balaban J connectivity index is 1.99. The normalized spacial score (nSPS) is 11.9. The number of aryl methyl sites for hydroxylation is 2. The van der Waals surface area contributed by atoms with E-state index in [4.69, 9.17) is 5.73 Å². The molecule has 0 saturated heterocycles. The van der Waals surface area contributed by atoms with Crippen molar-refractivity contribution in [3.63, 3.8) is 0 Å². The minimum Gasteiger partial charge on any atom is -0.325 e. The van der Waals surface area contributed by atoms with E-state index in [1.54, 1.807) is 0 Å². The van der Waals surface area contributed by atoms with Crippen LogP contribution in [0.1, 0.15) is 16.7 Å². The third kappa shape index (κ3) is 3.68. The first kappa shape index (κ1) is 14.3. The van der Waals surface area contributed by atoms with Crippen molar-refractivity contribution in [1.82, 2.24) is 0 Å². The Bertz CT molecular complexity index is 593. The largest absolute Gasteiger partial charge is 0.325 e. The van der Waals surface area contributed by atoms with Crippen LogP contribution in [0.4, 0.5) is 5.69 Å². The van der Waals surface area contributed by atoms with E-state index >= 15 is 0 Å². The highest BCUT2D eigenvalue weighted by atomic mass is 16.2. The molecule has 0 radical (unpaired) electrons. The molecule has 0 aliphatic carbocycles. The number of nitrogens with one attached hydrogen (secondary N) is 1. The van der Waals surface area contributed by atoms with Crippen molar-refractivity contribution in [2.45, 2.75) is 26.3 Å². The number of carbonyl (C=O) groups is 1. The summed E-state index contributed by atoms with van der Waals surface area (Å²) in [4.78, 5) is 12.1. The summed E-state index contributed by atoms with van der Waals surface area (Å²) in [7, 11) is 0. The lowest BCUT2D eigenvalue weighted by Gasteiger charge is -2.13. The second-order valence-corrected chi connectivity index (χ2v) is 5.08. The molecule has 3 heteroatoms. The van der Waals surface area contributed by atoms with E-state index in [-0.39, 0.29) is 5.91 Å². The first-order valence-corrected chi connectivity index (χ1v) is 6.74. The van der Waals surface area contributed by atoms with Crippen molar-refractivity contribution in [3.05, 3.63) is 65.2 Å². The van der Waals surface area contributed by atoms with Gasteiger partial charge in [0.25, 0.3) is 0 Å². The maximum Gasteiger partial charge on any atom is 0.241 e. The van der Waals surface area contributed by atoms with Gasteiger partial charge < -0.3 is 11.1 Å². The Kier molecular flexibility index (Phi) is 4.53. The highest BCUT2D eigenvalue weighted by molar-refractivity contribution is 5.94. The molecule has 0 aliphatic heterocycles. The SMILES string of the molecule is Cc1ccc(NC(=O)C(N)Cc2ccccc2)cc1C. The molecule has 0 aromatic heterocycles. The predicted octanol–water partition coefficient (Wildman–Crippen LogP) is 2.81. The maximum absolute atomic E-state index is 12.1. The van der Waals surface area contributed by atoms with Crippen molar-refractivity contribution in [2.75, 3.05) is 5.32 Å². The average Bonchev–Trinajstić information content (AvgIpc) is 2.44. The fourth-order valence-electron chi connectivity index (χ4n) is 2.01. The number of anilines is 1. The zero-order valence-electron chi connectivity index (χ0n) is 11.9. The highest BCUT2D eigenvalue weighted by Gasteiger charge is 2.14. The summed E-state index contributed by atoms with van der Waals surface area (Å²) in [5, 5.41) is 2.87. The van der Waals surface area contributed by atoms with E-state index < -0.39 is 6.04 Å². The smallest absolute Gasteiger partial charge is 0.241 e. The molecular weight excluding hydrogens is 248 g/mol. The summed E-state index contributed by atoms with van der Waals surface area (Å²) < 4.78 is 0. The maximum atomic E-state index is 12.1. The van der Waals surface area contributed by atoms with Crippen LogP contribution < -0.4 is 11.1 Å². The van der Waals surface area contributed by atoms with E-state index in [0.29, 0.717) is 6.42 Å². The fourth-order valence-corrected chi connectivity index (χ4v) is 2.01. The molecule has 2 aromatic carbocycles. The summed E-state index contributed by atoms with van der Waals surface area (Å²) >= 11 is 0. The van der Waals surface area contributed by atoms with E-state index in [9.17, 15) is 4.79 Å². The molecule has 1 atom stereocenters. The molecule has 3 nitrogen and oxygen atoms in total. The number of nitrogens with two attached hydrogens (primary N) is 1. The Morgan fingerprint density at radius 2 is 1.80 bits per heavy atom. The van der Waals surface area contributed by atoms with Gasteiger partial charge in [-0.05, 0) is 49.1 Å². The zero-order valence-corrected chi connectivity index (χ0v) is 11.9. The first-order valence-electron chi connectivity index (χ1n) is 6.74. The molecule has 0 bridgehead atoms. The van der Waals surface area contributed by atoms with Crippen LogP contribution >= 0.6 is 0 Å². The lowest BCUT2D eigenvalue weighted by atomic mass is 10.1. The van der Waals surface area contributed by atoms with Crippen LogP contribution in [0, 0.1) is 13.8 Å². The van der Waals surface area contributed by atoms with E-state index in [2.05, 4.69) is 5.32 Å². The monoisotopic (exact) mass is 268 g/mol. The van der Waals surface area contributed by atoms with Gasteiger partial charge in [-0.2, -0.15) is 0 Å². The lowest BCUT2D eigenvalue weighted by molar-refractivity contribution is -0.117. The molecule has 3 N–H and O–H groups in total. The number of hydrogen-bond acceptors (Lipinski definition) is 2. The highest BCUT2D eigenvalue weighted by Crippen LogP contribution is 2.14. The fraction of sp³-hybridized carbons (Fsp3) is 0.235. The third-order valence-corrected chi connectivity index (χ3v) is 3.41. The first-order chi connectivity index (χ1) is 9.56. The van der Waals surface area contributed by atoms with Gasteiger partial charge in [-0.25, -0.2) is 0 Å². The Morgan fingerprint density at radius 1 is 1.10 bits per heavy atom. The van der Waals surface area contributed by atoms with Gasteiger partial charge >= 0.3 is 0 Å². The quantitative estimate of drug-likeness (QED) is 0.896. The van der Waals surface area contributed by atoms with Crippen LogP contribution in [-0.4, -0.2) is 11.9 Å². The molecule has 0 spiro atoms. The van der Waals surface area contributed by atoms with Crippen molar-refractivity contribution in [1.29, 1.82) is 0 Å². The Labute approximate surface area is 119 Å². The van der Waals surface area contributed by atoms with E-state index in [1.807, 2.05) is 62.4 Å². The van der Waals surface area contributed by atoms with Crippen molar-refractivity contribution in [2.24, 2.45) is 5.73 Å². The van der Waals surface area contributed by atoms with Gasteiger partial charge in [0.2, 0.25) is 5.91 Å². The van der Waals surface area contributed by atoms with Gasteiger partial charge in [0, 0.05) is 5.69 Å². The number of hydrogen-bond donors (Lipinski definition) is 2. The van der Waals surface area contributed by atoms with Gasteiger partial charge in [0.15, 0.2) is 0 Å². The van der Waals surface area contributed by atoms with Gasteiger partial charge in [-0.3, -0.25) is 4.79 Å². The number of carbonyl (C=O) groups excluding carboxylic acids is 1. The van der Waals surface area contributed by atoms with Gasteiger partial charge in [0.05, 0.1) is 6.04 Å². The molecule has 104 valence electrons. The molecule has 1 unspecified atom stereocenters. The summed E-state index contributed by atoms with van der Waals surface area (Å²) in [6, 6.07) is 15.1. The Morgan fingerprint density at radius 3 is 2.45 bits per heavy atom. The third-order valence-electron chi connectivity index (χ3n) is 3.41. The van der Waals surface area contributed by atoms with E-state index in [1.165, 1.54) is 5.56 Å². The van der Waals surface area contributed by atoms with Gasteiger partial charge in [-0.15, -0.1) is 0 Å². The van der Waals surface area contributed by atoms with Gasteiger partial charge in [0.1, 0.15) is 0 Å². The Hall–Kier alpha value is -2.13. The van der Waals surface area contributed by atoms with E-state index in [0.717, 1.165) is 16.8 Å². The molecule has 1 amide bonds. The predicted molar refractivity (Wildman–Crippen MR) is 82.7 cm³/mol. The second-order valence-electron chi connectivity index (χ2n) is 5.08. The zero-order chi connectivity index (χ0) is 14.5. The average molecular weight is 268 g/mol. The summed E-state index contributed by atoms with van der Waals surface area (Å²) in [5.74, 6) is -0.155. The second kappa shape index (κ2) is 6.35. The number of benzene rings is 2. The summed E-state index contributed by atoms with van der Waals surface area (Å²) in [5.41, 5.74) is 10.2. The van der Waals surface area contributed by atoms with Crippen molar-refractivity contribution in [3.8, 4) is 0 Å². The standard InChI is InChI=1S/C17H20N2O/c1-12-8-9-15(10-13(12)2)19-17(20)16(18)11-14-6-4-3-5-7-14/h3-10,16H,11,18H2,1-2H3,(H,19,20). The van der Waals surface area contributed by atoms with Crippen LogP contribution in [0.5, 0.6) is 0 Å². The number of amides is 1. The van der Waals surface area contributed by atoms with Crippen molar-refractivity contribution >= 4 is 11.6 Å². The van der Waals surface area contributed by atoms with Crippen LogP contribution in [0.2, 0.25) is 0 Å². The minimum atomic E-state index is -0.543. The minimum absolute atomic E-state index is 0.155. The summed E-state index contributed by atoms with van der Waals surface area (Å²) in [6.07, 6.45) is 0.539. The molecule has 0 heterocycles. The lowest BCUT2D eigenvalue weighted by Crippen LogP contribution is -2.37. The molecule has 20 heavy (non-hydrogen) atoms. The molecule has 2 rings (SSSR count). The molecule has 0 saturated carbocycles. The molecule has 0 fully saturated rings. The molecular formula is C17H20N2O. The van der Waals surface area contributed by atoms with Crippen LogP contribution in [0.3, 0.4) is 0 Å². The number of rotatable bonds is 4. The van der Waals surface area contributed by atoms with Crippen molar-refractivity contribution < 1.29 is 4.79 Å².